The minimum atomic E-state index is -1.20. The molecular formula is C23H28N2O4Si. The summed E-state index contributed by atoms with van der Waals surface area (Å²) in [5.41, 5.74) is 2.59. The number of hydrogen-bond donors (Lipinski definition) is 1. The van der Waals surface area contributed by atoms with Crippen molar-refractivity contribution in [1.82, 2.24) is 9.78 Å². The molecule has 0 spiro atoms. The molecule has 0 radical (unpaired) electrons. The molecule has 30 heavy (non-hydrogen) atoms. The first-order valence-electron chi connectivity index (χ1n) is 9.98. The third kappa shape index (κ3) is 6.30. The highest BCUT2D eigenvalue weighted by Crippen LogP contribution is 2.26. The molecule has 158 valence electrons. The molecule has 0 saturated carbocycles. The second-order valence-corrected chi connectivity index (χ2v) is 14.0. The van der Waals surface area contributed by atoms with Gasteiger partial charge in [-0.1, -0.05) is 62.1 Å². The molecule has 0 aliphatic carbocycles. The van der Waals surface area contributed by atoms with Gasteiger partial charge in [-0.25, -0.2) is 9.48 Å². The Balaban J connectivity index is 1.75. The minimum absolute atomic E-state index is 0.00518. The highest BCUT2D eigenvalue weighted by atomic mass is 28.3. The van der Waals surface area contributed by atoms with Crippen molar-refractivity contribution in [2.75, 3.05) is 6.61 Å². The van der Waals surface area contributed by atoms with E-state index < -0.39 is 14.0 Å². The quantitative estimate of drug-likeness (QED) is 0.360. The van der Waals surface area contributed by atoms with Crippen molar-refractivity contribution in [3.05, 3.63) is 71.9 Å². The molecule has 2 aromatic carbocycles. The number of carboxylic acid groups (broad SMARTS) is 1. The van der Waals surface area contributed by atoms with E-state index in [1.165, 1.54) is 0 Å². The van der Waals surface area contributed by atoms with Gasteiger partial charge in [-0.3, -0.25) is 0 Å². The molecule has 6 nitrogen and oxygen atoms in total. The summed E-state index contributed by atoms with van der Waals surface area (Å²) in [5, 5.41) is 13.6. The molecule has 0 aliphatic rings. The fraction of sp³-hybridized carbons (Fsp3) is 0.304. The summed E-state index contributed by atoms with van der Waals surface area (Å²) >= 11 is 0. The van der Waals surface area contributed by atoms with E-state index in [-0.39, 0.29) is 12.4 Å². The molecule has 0 bridgehead atoms. The number of ether oxygens (including phenoxy) is 2. The first-order valence-corrected chi connectivity index (χ1v) is 13.7. The predicted octanol–water partition coefficient (Wildman–Crippen LogP) is 5.14. The lowest BCUT2D eigenvalue weighted by atomic mass is 10.1. The monoisotopic (exact) mass is 424 g/mol. The number of aromatic carboxylic acids is 1. The summed E-state index contributed by atoms with van der Waals surface area (Å²) in [4.78, 5) is 11.4. The smallest absolute Gasteiger partial charge is 0.356 e. The third-order valence-corrected chi connectivity index (χ3v) is 6.29. The van der Waals surface area contributed by atoms with Gasteiger partial charge in [0.15, 0.2) is 5.69 Å². The van der Waals surface area contributed by atoms with E-state index in [4.69, 9.17) is 9.47 Å². The van der Waals surface area contributed by atoms with Crippen LogP contribution < -0.4 is 4.74 Å². The lowest BCUT2D eigenvalue weighted by Crippen LogP contribution is -2.22. The standard InChI is InChI=1S/C23H28N2O4Si/c1-30(2,3)13-12-28-17-25-22(15-21(24-25)23(26)27)19-10-7-11-20(14-19)29-16-18-8-5-4-6-9-18/h4-11,14-15H,12-13,16-17H2,1-3H3,(H,26,27). The Bertz CT molecular complexity index is 980. The van der Waals surface area contributed by atoms with Gasteiger partial charge in [-0.15, -0.1) is 0 Å². The molecule has 1 N–H and O–H groups in total. The van der Waals surface area contributed by atoms with E-state index in [9.17, 15) is 9.90 Å². The van der Waals surface area contributed by atoms with Crippen molar-refractivity contribution in [3.63, 3.8) is 0 Å². The van der Waals surface area contributed by atoms with Gasteiger partial charge in [-0.05, 0) is 29.8 Å². The number of carboxylic acids is 1. The molecular weight excluding hydrogens is 396 g/mol. The molecule has 7 heteroatoms. The number of aromatic nitrogens is 2. The maximum absolute atomic E-state index is 11.4. The summed E-state index contributed by atoms with van der Waals surface area (Å²) in [6, 6.07) is 20.1. The van der Waals surface area contributed by atoms with Crippen molar-refractivity contribution < 1.29 is 19.4 Å². The zero-order valence-corrected chi connectivity index (χ0v) is 18.7. The van der Waals surface area contributed by atoms with E-state index in [0.717, 1.165) is 17.2 Å². The molecule has 3 aromatic rings. The molecule has 0 fully saturated rings. The topological polar surface area (TPSA) is 73.6 Å². The Morgan fingerprint density at radius 3 is 2.53 bits per heavy atom. The lowest BCUT2D eigenvalue weighted by molar-refractivity contribution is 0.0673. The number of hydrogen-bond acceptors (Lipinski definition) is 4. The molecule has 0 atom stereocenters. The van der Waals surface area contributed by atoms with Crippen molar-refractivity contribution in [1.29, 1.82) is 0 Å². The Labute approximate surface area is 178 Å². The van der Waals surface area contributed by atoms with Crippen molar-refractivity contribution in [2.24, 2.45) is 0 Å². The number of carbonyl (C=O) groups is 1. The number of benzene rings is 2. The van der Waals surface area contributed by atoms with Crippen molar-refractivity contribution in [3.8, 4) is 17.0 Å². The first-order chi connectivity index (χ1) is 14.3. The Morgan fingerprint density at radius 1 is 1.07 bits per heavy atom. The van der Waals surface area contributed by atoms with Gasteiger partial charge in [0, 0.05) is 20.2 Å². The molecule has 0 unspecified atom stereocenters. The maximum Gasteiger partial charge on any atom is 0.356 e. The molecule has 1 heterocycles. The van der Waals surface area contributed by atoms with Gasteiger partial charge in [0.25, 0.3) is 0 Å². The Kier molecular flexibility index (Phi) is 7.07. The van der Waals surface area contributed by atoms with Crippen LogP contribution in [0.4, 0.5) is 0 Å². The average Bonchev–Trinajstić information content (AvgIpc) is 3.15. The van der Waals surface area contributed by atoms with Crippen molar-refractivity contribution in [2.45, 2.75) is 39.0 Å². The van der Waals surface area contributed by atoms with E-state index in [2.05, 4.69) is 24.7 Å². The van der Waals surface area contributed by atoms with Crippen LogP contribution in [0.1, 0.15) is 16.1 Å². The highest BCUT2D eigenvalue weighted by Gasteiger charge is 2.16. The van der Waals surface area contributed by atoms with E-state index >= 15 is 0 Å². The Morgan fingerprint density at radius 2 is 1.83 bits per heavy atom. The number of rotatable bonds is 10. The fourth-order valence-electron chi connectivity index (χ4n) is 2.87. The van der Waals surface area contributed by atoms with E-state index in [1.54, 1.807) is 10.7 Å². The summed E-state index contributed by atoms with van der Waals surface area (Å²) in [5.74, 6) is -0.353. The molecule has 0 saturated heterocycles. The van der Waals surface area contributed by atoms with Gasteiger partial charge in [-0.2, -0.15) is 5.10 Å². The molecule has 1 aromatic heterocycles. The summed E-state index contributed by atoms with van der Waals surface area (Å²) in [7, 11) is -1.20. The summed E-state index contributed by atoms with van der Waals surface area (Å²) in [6.45, 7) is 8.18. The van der Waals surface area contributed by atoms with E-state index in [1.807, 2.05) is 54.6 Å². The molecule has 3 rings (SSSR count). The minimum Gasteiger partial charge on any atom is -0.489 e. The zero-order chi connectivity index (χ0) is 21.6. The van der Waals surface area contributed by atoms with Gasteiger partial charge < -0.3 is 14.6 Å². The van der Waals surface area contributed by atoms with Gasteiger partial charge in [0.05, 0.1) is 5.69 Å². The lowest BCUT2D eigenvalue weighted by Gasteiger charge is -2.16. The fourth-order valence-corrected chi connectivity index (χ4v) is 3.62. The first kappa shape index (κ1) is 21.8. The van der Waals surface area contributed by atoms with Crippen LogP contribution in [0.15, 0.2) is 60.7 Å². The van der Waals surface area contributed by atoms with Gasteiger partial charge in [0.2, 0.25) is 0 Å². The highest BCUT2D eigenvalue weighted by molar-refractivity contribution is 6.76. The van der Waals surface area contributed by atoms with Crippen LogP contribution in [0.2, 0.25) is 25.7 Å². The normalized spacial score (nSPS) is 11.4. The van der Waals surface area contributed by atoms with Crippen LogP contribution in [0.25, 0.3) is 11.3 Å². The van der Waals surface area contributed by atoms with Crippen LogP contribution in [0.3, 0.4) is 0 Å². The SMILES string of the molecule is C[Si](C)(C)CCOCn1nc(C(=O)O)cc1-c1cccc(OCc2ccccc2)c1. The second-order valence-electron chi connectivity index (χ2n) is 8.37. The number of nitrogens with zero attached hydrogens (tertiary/aromatic N) is 2. The predicted molar refractivity (Wildman–Crippen MR) is 120 cm³/mol. The van der Waals surface area contributed by atoms with Gasteiger partial charge in [0.1, 0.15) is 19.1 Å². The van der Waals surface area contributed by atoms with Crippen LogP contribution in [0.5, 0.6) is 5.75 Å². The van der Waals surface area contributed by atoms with Crippen molar-refractivity contribution >= 4 is 14.0 Å². The average molecular weight is 425 g/mol. The van der Waals surface area contributed by atoms with Crippen LogP contribution in [-0.4, -0.2) is 35.5 Å². The zero-order valence-electron chi connectivity index (χ0n) is 17.7. The van der Waals surface area contributed by atoms with E-state index in [0.29, 0.717) is 24.7 Å². The maximum atomic E-state index is 11.4. The van der Waals surface area contributed by atoms with Gasteiger partial charge >= 0.3 is 5.97 Å². The summed E-state index contributed by atoms with van der Waals surface area (Å²) < 4.78 is 13.3. The molecule has 0 aliphatic heterocycles. The van der Waals surface area contributed by atoms with Crippen LogP contribution in [-0.2, 0) is 18.1 Å². The largest absolute Gasteiger partial charge is 0.489 e. The molecule has 0 amide bonds. The second kappa shape index (κ2) is 9.73. The van der Waals surface area contributed by atoms with Crippen LogP contribution in [0, 0.1) is 0 Å². The Hall–Kier alpha value is -2.90. The third-order valence-electron chi connectivity index (χ3n) is 4.59. The van der Waals surface area contributed by atoms with Crippen LogP contribution >= 0.6 is 0 Å². The summed E-state index contributed by atoms with van der Waals surface area (Å²) in [6.07, 6.45) is 0.